The Hall–Kier alpha value is -2.48. The van der Waals surface area contributed by atoms with Gasteiger partial charge in [0.1, 0.15) is 6.20 Å². The maximum atomic E-state index is 10.9. The van der Waals surface area contributed by atoms with Gasteiger partial charge in [0, 0.05) is 6.20 Å². The zero-order valence-corrected chi connectivity index (χ0v) is 9.40. The average molecular weight is 269 g/mol. The molecule has 1 N–H and O–H groups in total. The van der Waals surface area contributed by atoms with Crippen LogP contribution in [0.25, 0.3) is 5.82 Å². The van der Waals surface area contributed by atoms with Gasteiger partial charge in [-0.1, -0.05) is 11.6 Å². The Morgan fingerprint density at radius 2 is 2.22 bits per heavy atom. The predicted molar refractivity (Wildman–Crippen MR) is 60.0 cm³/mol. The van der Waals surface area contributed by atoms with Crippen LogP contribution < -0.4 is 0 Å². The molecule has 0 amide bonds. The van der Waals surface area contributed by atoms with Crippen molar-refractivity contribution >= 4 is 23.4 Å². The van der Waals surface area contributed by atoms with Crippen LogP contribution in [0, 0.1) is 10.1 Å². The predicted octanol–water partition coefficient (Wildman–Crippen LogP) is 1.53. The molecule has 2 heterocycles. The first kappa shape index (κ1) is 12.0. The van der Waals surface area contributed by atoms with Crippen molar-refractivity contribution in [3.8, 4) is 5.82 Å². The third kappa shape index (κ3) is 2.00. The van der Waals surface area contributed by atoms with Gasteiger partial charge >= 0.3 is 11.8 Å². The van der Waals surface area contributed by atoms with E-state index in [4.69, 9.17) is 16.7 Å². The quantitative estimate of drug-likeness (QED) is 0.667. The molecule has 0 aliphatic carbocycles. The number of carboxylic acids is 1. The maximum Gasteiger partial charge on any atom is 0.381 e. The third-order valence-corrected chi connectivity index (χ3v) is 2.47. The molecule has 0 bridgehead atoms. The molecule has 18 heavy (non-hydrogen) atoms. The number of halogens is 1. The van der Waals surface area contributed by atoms with Crippen LogP contribution in [0.5, 0.6) is 0 Å². The summed E-state index contributed by atoms with van der Waals surface area (Å²) in [5.74, 6) is -1.52. The van der Waals surface area contributed by atoms with Crippen molar-refractivity contribution in [2.45, 2.75) is 0 Å². The second-order valence-corrected chi connectivity index (χ2v) is 3.58. The van der Waals surface area contributed by atoms with Gasteiger partial charge in [-0.2, -0.15) is 0 Å². The Balaban J connectivity index is 2.53. The lowest BCUT2D eigenvalue weighted by atomic mass is 10.2. The van der Waals surface area contributed by atoms with Gasteiger partial charge < -0.3 is 15.2 Å². The summed E-state index contributed by atoms with van der Waals surface area (Å²) in [6.07, 6.45) is 3.48. The van der Waals surface area contributed by atoms with Crippen molar-refractivity contribution in [2.24, 2.45) is 0 Å². The van der Waals surface area contributed by atoms with E-state index >= 15 is 0 Å². The van der Waals surface area contributed by atoms with Crippen LogP contribution in [-0.2, 0) is 0 Å². The summed E-state index contributed by atoms with van der Waals surface area (Å²) in [5, 5.41) is 19.3. The maximum absolute atomic E-state index is 10.9. The Morgan fingerprint density at radius 3 is 2.78 bits per heavy atom. The molecule has 0 saturated carbocycles. The number of pyridine rings is 1. The fourth-order valence-corrected chi connectivity index (χ4v) is 1.59. The third-order valence-electron chi connectivity index (χ3n) is 2.10. The summed E-state index contributed by atoms with van der Waals surface area (Å²) in [5.41, 5.74) is -0.141. The highest BCUT2D eigenvalue weighted by molar-refractivity contribution is 6.35. The molecule has 2 rings (SSSR count). The van der Waals surface area contributed by atoms with Gasteiger partial charge in [-0.25, -0.2) is 9.78 Å². The fraction of sp³-hybridized carbons (Fsp3) is 0. The highest BCUT2D eigenvalue weighted by Gasteiger charge is 2.17. The van der Waals surface area contributed by atoms with Crippen molar-refractivity contribution in [2.75, 3.05) is 0 Å². The number of carboxylic acid groups (broad SMARTS) is 1. The molecule has 0 spiro atoms. The van der Waals surface area contributed by atoms with E-state index < -0.39 is 10.9 Å². The van der Waals surface area contributed by atoms with Crippen LogP contribution in [0.4, 0.5) is 5.82 Å². The number of nitrogens with zero attached hydrogens (tertiary/aromatic N) is 4. The molecule has 0 saturated heterocycles. The molecule has 8 nitrogen and oxygen atoms in total. The van der Waals surface area contributed by atoms with Crippen LogP contribution in [0.3, 0.4) is 0 Å². The molecule has 0 aliphatic rings. The Kier molecular flexibility index (Phi) is 2.94. The lowest BCUT2D eigenvalue weighted by Gasteiger charge is -2.04. The SMILES string of the molecule is O=C(O)c1ccnc(-n2cnc([N+](=O)[O-])c2)c1Cl. The van der Waals surface area contributed by atoms with Gasteiger partial charge in [0.05, 0.1) is 10.6 Å². The number of aromatic carboxylic acids is 1. The first-order valence-corrected chi connectivity index (χ1v) is 4.95. The minimum atomic E-state index is -1.21. The number of hydrogen-bond acceptors (Lipinski definition) is 5. The van der Waals surface area contributed by atoms with Gasteiger partial charge in [-0.15, -0.1) is 0 Å². The van der Waals surface area contributed by atoms with Gasteiger partial charge in [0.15, 0.2) is 5.82 Å². The molecule has 9 heteroatoms. The van der Waals surface area contributed by atoms with E-state index in [0.717, 1.165) is 12.5 Å². The Labute approximate surface area is 105 Å². The average Bonchev–Trinajstić information content (AvgIpc) is 2.78. The second-order valence-electron chi connectivity index (χ2n) is 3.20. The summed E-state index contributed by atoms with van der Waals surface area (Å²) in [4.78, 5) is 28.1. The number of hydrogen-bond donors (Lipinski definition) is 1. The van der Waals surface area contributed by atoms with Gasteiger partial charge in [0.25, 0.3) is 0 Å². The molecule has 0 fully saturated rings. The molecule has 0 atom stereocenters. The largest absolute Gasteiger partial charge is 0.478 e. The highest BCUT2D eigenvalue weighted by atomic mass is 35.5. The lowest BCUT2D eigenvalue weighted by Crippen LogP contribution is -2.03. The van der Waals surface area contributed by atoms with Crippen molar-refractivity contribution < 1.29 is 14.8 Å². The van der Waals surface area contributed by atoms with Gasteiger partial charge in [-0.05, 0) is 16.0 Å². The molecule has 0 aliphatic heterocycles. The highest BCUT2D eigenvalue weighted by Crippen LogP contribution is 2.23. The fourth-order valence-electron chi connectivity index (χ4n) is 1.30. The van der Waals surface area contributed by atoms with E-state index in [0.29, 0.717) is 0 Å². The topological polar surface area (TPSA) is 111 Å². The van der Waals surface area contributed by atoms with E-state index in [2.05, 4.69) is 9.97 Å². The van der Waals surface area contributed by atoms with Crippen LogP contribution in [-0.4, -0.2) is 30.5 Å². The summed E-state index contributed by atoms with van der Waals surface area (Å²) in [7, 11) is 0. The smallest absolute Gasteiger partial charge is 0.381 e. The molecule has 0 unspecified atom stereocenters. The van der Waals surface area contributed by atoms with Crippen molar-refractivity contribution in [3.63, 3.8) is 0 Å². The van der Waals surface area contributed by atoms with Crippen LogP contribution in [0.15, 0.2) is 24.8 Å². The minimum absolute atomic E-state index is 0.0668. The molecule has 0 aromatic carbocycles. The van der Waals surface area contributed by atoms with Gasteiger partial charge in [-0.3, -0.25) is 4.57 Å². The standard InChI is InChI=1S/C9H5ClN4O4/c10-7-5(9(15)16)1-2-11-8(7)13-3-6(12-4-13)14(17)18/h1-4H,(H,15,16). The van der Waals surface area contributed by atoms with E-state index in [-0.39, 0.29) is 22.2 Å². The van der Waals surface area contributed by atoms with Crippen LogP contribution in [0.1, 0.15) is 10.4 Å². The number of aromatic nitrogens is 3. The summed E-state index contributed by atoms with van der Waals surface area (Å²) in [6.45, 7) is 0. The molecular weight excluding hydrogens is 264 g/mol. The van der Waals surface area contributed by atoms with E-state index in [1.165, 1.54) is 16.8 Å². The van der Waals surface area contributed by atoms with Crippen LogP contribution in [0.2, 0.25) is 5.02 Å². The molecule has 2 aromatic rings. The first-order valence-electron chi connectivity index (χ1n) is 4.57. The minimum Gasteiger partial charge on any atom is -0.478 e. The van der Waals surface area contributed by atoms with Crippen molar-refractivity contribution in [1.82, 2.24) is 14.5 Å². The monoisotopic (exact) mass is 268 g/mol. The van der Waals surface area contributed by atoms with Crippen LogP contribution >= 0.6 is 11.6 Å². The normalized spacial score (nSPS) is 10.3. The summed E-state index contributed by atoms with van der Waals surface area (Å²) < 4.78 is 1.19. The first-order chi connectivity index (χ1) is 8.50. The lowest BCUT2D eigenvalue weighted by molar-refractivity contribution is -0.389. The van der Waals surface area contributed by atoms with Crippen molar-refractivity contribution in [1.29, 1.82) is 0 Å². The van der Waals surface area contributed by atoms with E-state index in [1.807, 2.05) is 0 Å². The zero-order valence-electron chi connectivity index (χ0n) is 8.65. The number of carbonyl (C=O) groups is 1. The molecule has 92 valence electrons. The molecule has 0 radical (unpaired) electrons. The zero-order chi connectivity index (χ0) is 13.3. The Bertz CT molecular complexity index is 639. The summed E-state index contributed by atoms with van der Waals surface area (Å²) in [6, 6.07) is 1.24. The van der Waals surface area contributed by atoms with E-state index in [1.54, 1.807) is 0 Å². The molecular formula is C9H5ClN4O4. The molecule has 2 aromatic heterocycles. The van der Waals surface area contributed by atoms with Crippen molar-refractivity contribution in [3.05, 3.63) is 45.5 Å². The Morgan fingerprint density at radius 1 is 1.50 bits per heavy atom. The number of rotatable bonds is 3. The van der Waals surface area contributed by atoms with E-state index in [9.17, 15) is 14.9 Å². The number of nitro groups is 1. The second kappa shape index (κ2) is 4.41. The summed E-state index contributed by atoms with van der Waals surface area (Å²) >= 11 is 5.87. The number of imidazole rings is 1. The van der Waals surface area contributed by atoms with Gasteiger partial charge in [0.2, 0.25) is 6.33 Å².